The van der Waals surface area contributed by atoms with E-state index < -0.39 is 0 Å². The van der Waals surface area contributed by atoms with Crippen molar-refractivity contribution >= 4 is 21.6 Å². The summed E-state index contributed by atoms with van der Waals surface area (Å²) in [6, 6.07) is 15.5. The van der Waals surface area contributed by atoms with E-state index >= 15 is 0 Å². The van der Waals surface area contributed by atoms with Gasteiger partial charge in [0.25, 0.3) is 0 Å². The molecule has 0 spiro atoms. The van der Waals surface area contributed by atoms with Crippen molar-refractivity contribution in [1.29, 1.82) is 0 Å². The number of aryl methyl sites for hydroxylation is 1. The highest BCUT2D eigenvalue weighted by molar-refractivity contribution is 9.10. The van der Waals surface area contributed by atoms with E-state index in [0.29, 0.717) is 0 Å². The van der Waals surface area contributed by atoms with Crippen LogP contribution >= 0.6 is 15.9 Å². The van der Waals surface area contributed by atoms with Gasteiger partial charge in [0, 0.05) is 16.7 Å². The van der Waals surface area contributed by atoms with E-state index in [2.05, 4.69) is 70.6 Å². The van der Waals surface area contributed by atoms with Gasteiger partial charge < -0.3 is 5.32 Å². The predicted molar refractivity (Wildman–Crippen MR) is 89.3 cm³/mol. The molecular formula is C18H20BrN. The fraction of sp³-hybridized carbons (Fsp3) is 0.333. The van der Waals surface area contributed by atoms with E-state index in [1.807, 2.05) is 0 Å². The first-order valence-corrected chi connectivity index (χ1v) is 8.16. The monoisotopic (exact) mass is 329 g/mol. The summed E-state index contributed by atoms with van der Waals surface area (Å²) in [6.45, 7) is 3.09. The molecule has 1 fully saturated rings. The minimum absolute atomic E-state index is 0.828. The number of rotatable bonds is 5. The van der Waals surface area contributed by atoms with Gasteiger partial charge in [-0.2, -0.15) is 0 Å². The quantitative estimate of drug-likeness (QED) is 0.763. The van der Waals surface area contributed by atoms with Crippen molar-refractivity contribution in [3.8, 4) is 0 Å². The molecule has 2 aromatic rings. The van der Waals surface area contributed by atoms with Crippen LogP contribution in [0.5, 0.6) is 0 Å². The van der Waals surface area contributed by atoms with Crippen molar-refractivity contribution in [2.75, 3.05) is 5.32 Å². The van der Waals surface area contributed by atoms with Gasteiger partial charge in [-0.15, -0.1) is 0 Å². The molecule has 0 amide bonds. The highest BCUT2D eigenvalue weighted by Gasteiger charge is 2.23. The molecule has 1 aliphatic rings. The molecule has 0 unspecified atom stereocenters. The molecule has 20 heavy (non-hydrogen) atoms. The van der Waals surface area contributed by atoms with Crippen molar-refractivity contribution in [3.05, 3.63) is 63.6 Å². The molecule has 0 heterocycles. The molecule has 1 saturated carbocycles. The Morgan fingerprint density at radius 1 is 1.15 bits per heavy atom. The van der Waals surface area contributed by atoms with Crippen LogP contribution in [0.25, 0.3) is 0 Å². The van der Waals surface area contributed by atoms with Gasteiger partial charge in [0.2, 0.25) is 0 Å². The van der Waals surface area contributed by atoms with Gasteiger partial charge in [-0.25, -0.2) is 0 Å². The average molecular weight is 330 g/mol. The molecular weight excluding hydrogens is 310 g/mol. The Hall–Kier alpha value is -1.28. The number of benzene rings is 2. The summed E-state index contributed by atoms with van der Waals surface area (Å²) in [6.07, 6.45) is 3.77. The highest BCUT2D eigenvalue weighted by Crippen LogP contribution is 2.40. The maximum atomic E-state index is 3.57. The molecule has 0 radical (unpaired) electrons. The van der Waals surface area contributed by atoms with E-state index in [0.717, 1.165) is 23.4 Å². The number of anilines is 1. The van der Waals surface area contributed by atoms with E-state index in [9.17, 15) is 0 Å². The largest absolute Gasteiger partial charge is 0.381 e. The van der Waals surface area contributed by atoms with E-state index in [-0.39, 0.29) is 0 Å². The van der Waals surface area contributed by atoms with Gasteiger partial charge in [0.15, 0.2) is 0 Å². The van der Waals surface area contributed by atoms with Gasteiger partial charge >= 0.3 is 0 Å². The van der Waals surface area contributed by atoms with E-state index in [1.165, 1.54) is 35.2 Å². The van der Waals surface area contributed by atoms with Crippen LogP contribution in [-0.4, -0.2) is 0 Å². The standard InChI is InChI=1S/C18H20BrN/c1-2-14-11-17(19)8-9-18(14)20-12-13-4-3-5-16(10-13)15-6-7-15/h3-5,8-11,15,20H,2,6-7,12H2,1H3. The second-order valence-corrected chi connectivity index (χ2v) is 6.44. The predicted octanol–water partition coefficient (Wildman–Crippen LogP) is 5.50. The first-order valence-electron chi connectivity index (χ1n) is 7.37. The van der Waals surface area contributed by atoms with Gasteiger partial charge in [0.1, 0.15) is 0 Å². The summed E-state index contributed by atoms with van der Waals surface area (Å²) in [5, 5.41) is 3.57. The third-order valence-electron chi connectivity index (χ3n) is 3.93. The van der Waals surface area contributed by atoms with Crippen LogP contribution in [0.15, 0.2) is 46.9 Å². The highest BCUT2D eigenvalue weighted by atomic mass is 79.9. The third kappa shape index (κ3) is 3.24. The summed E-state index contributed by atoms with van der Waals surface area (Å²) in [4.78, 5) is 0. The maximum absolute atomic E-state index is 3.57. The first-order chi connectivity index (χ1) is 9.76. The zero-order valence-electron chi connectivity index (χ0n) is 11.8. The molecule has 1 nitrogen and oxygen atoms in total. The smallest absolute Gasteiger partial charge is 0.0400 e. The maximum Gasteiger partial charge on any atom is 0.0400 e. The molecule has 0 saturated heterocycles. The Balaban J connectivity index is 1.71. The fourth-order valence-electron chi connectivity index (χ4n) is 2.60. The molecule has 2 aromatic carbocycles. The lowest BCUT2D eigenvalue weighted by molar-refractivity contribution is 1.07. The van der Waals surface area contributed by atoms with Crippen LogP contribution in [0.4, 0.5) is 5.69 Å². The lowest BCUT2D eigenvalue weighted by Crippen LogP contribution is -2.02. The molecule has 2 heteroatoms. The molecule has 0 aromatic heterocycles. The molecule has 3 rings (SSSR count). The van der Waals surface area contributed by atoms with Crippen molar-refractivity contribution in [2.45, 2.75) is 38.6 Å². The molecule has 0 bridgehead atoms. The second-order valence-electron chi connectivity index (χ2n) is 5.53. The topological polar surface area (TPSA) is 12.0 Å². The zero-order valence-corrected chi connectivity index (χ0v) is 13.4. The zero-order chi connectivity index (χ0) is 13.9. The molecule has 0 atom stereocenters. The number of hydrogen-bond acceptors (Lipinski definition) is 1. The molecule has 104 valence electrons. The van der Waals surface area contributed by atoms with Gasteiger partial charge in [-0.1, -0.05) is 47.1 Å². The Kier molecular flexibility index (Phi) is 4.11. The third-order valence-corrected chi connectivity index (χ3v) is 4.42. The Labute approximate surface area is 129 Å². The van der Waals surface area contributed by atoms with Gasteiger partial charge in [-0.05, 0) is 60.1 Å². The lowest BCUT2D eigenvalue weighted by atomic mass is 10.1. The van der Waals surface area contributed by atoms with Crippen LogP contribution < -0.4 is 5.32 Å². The van der Waals surface area contributed by atoms with Crippen molar-refractivity contribution in [3.63, 3.8) is 0 Å². The van der Waals surface area contributed by atoms with Crippen LogP contribution in [0, 0.1) is 0 Å². The number of hydrogen-bond donors (Lipinski definition) is 1. The second kappa shape index (κ2) is 6.01. The summed E-state index contributed by atoms with van der Waals surface area (Å²) in [7, 11) is 0. The minimum Gasteiger partial charge on any atom is -0.381 e. The van der Waals surface area contributed by atoms with Crippen molar-refractivity contribution < 1.29 is 0 Å². The average Bonchev–Trinajstić information content (AvgIpc) is 3.31. The van der Waals surface area contributed by atoms with Gasteiger partial charge in [-0.3, -0.25) is 0 Å². The normalized spacial score (nSPS) is 14.3. The summed E-state index contributed by atoms with van der Waals surface area (Å²) >= 11 is 3.54. The summed E-state index contributed by atoms with van der Waals surface area (Å²) in [5.41, 5.74) is 5.49. The van der Waals surface area contributed by atoms with Crippen LogP contribution in [0.2, 0.25) is 0 Å². The van der Waals surface area contributed by atoms with Crippen molar-refractivity contribution in [2.24, 2.45) is 0 Å². The summed E-state index contributed by atoms with van der Waals surface area (Å²) in [5.74, 6) is 0.828. The van der Waals surface area contributed by atoms with Crippen LogP contribution in [0.3, 0.4) is 0 Å². The Morgan fingerprint density at radius 2 is 2.00 bits per heavy atom. The molecule has 1 N–H and O–H groups in total. The number of halogens is 1. The Morgan fingerprint density at radius 3 is 2.75 bits per heavy atom. The Bertz CT molecular complexity index is 602. The van der Waals surface area contributed by atoms with Crippen molar-refractivity contribution in [1.82, 2.24) is 0 Å². The van der Waals surface area contributed by atoms with E-state index in [1.54, 1.807) is 0 Å². The fourth-order valence-corrected chi connectivity index (χ4v) is 3.01. The molecule has 1 aliphatic carbocycles. The lowest BCUT2D eigenvalue weighted by Gasteiger charge is -2.12. The minimum atomic E-state index is 0.828. The summed E-state index contributed by atoms with van der Waals surface area (Å²) < 4.78 is 1.15. The molecule has 0 aliphatic heterocycles. The van der Waals surface area contributed by atoms with Gasteiger partial charge in [0.05, 0.1) is 0 Å². The van der Waals surface area contributed by atoms with Crippen LogP contribution in [-0.2, 0) is 13.0 Å². The SMILES string of the molecule is CCc1cc(Br)ccc1NCc1cccc(C2CC2)c1. The first kappa shape index (κ1) is 13.7. The van der Waals surface area contributed by atoms with Crippen LogP contribution in [0.1, 0.15) is 42.4 Å². The van der Waals surface area contributed by atoms with E-state index in [4.69, 9.17) is 0 Å². The number of nitrogens with one attached hydrogen (secondary N) is 1.